The van der Waals surface area contributed by atoms with Crippen LogP contribution in [0.5, 0.6) is 11.5 Å². The topological polar surface area (TPSA) is 70.8 Å². The summed E-state index contributed by atoms with van der Waals surface area (Å²) in [6.07, 6.45) is 1.71. The van der Waals surface area contributed by atoms with Crippen LogP contribution in [0, 0.1) is 0 Å². The van der Waals surface area contributed by atoms with E-state index in [2.05, 4.69) is 0 Å². The number of benzene rings is 1. The molecule has 104 valence electrons. The Labute approximate surface area is 112 Å². The lowest BCUT2D eigenvalue weighted by Crippen LogP contribution is -2.47. The fraction of sp³-hybridized carbons (Fsp3) is 0.500. The van der Waals surface area contributed by atoms with E-state index in [0.717, 1.165) is 17.9 Å². The minimum Gasteiger partial charge on any atom is -0.497 e. The second-order valence-corrected chi connectivity index (χ2v) is 4.81. The van der Waals surface area contributed by atoms with Crippen molar-refractivity contribution in [3.8, 4) is 11.5 Å². The van der Waals surface area contributed by atoms with Crippen LogP contribution in [0.2, 0.25) is 0 Å². The predicted molar refractivity (Wildman–Crippen MR) is 70.2 cm³/mol. The molecule has 0 saturated heterocycles. The lowest BCUT2D eigenvalue weighted by atomic mass is 10.00. The van der Waals surface area contributed by atoms with Gasteiger partial charge in [-0.1, -0.05) is 6.07 Å². The summed E-state index contributed by atoms with van der Waals surface area (Å²) in [5, 5.41) is 0. The number of carbonyl (C=O) groups excluding carboxylic acids is 1. The Hall–Kier alpha value is -1.75. The summed E-state index contributed by atoms with van der Waals surface area (Å²) in [6.45, 7) is 0. The Morgan fingerprint density at radius 2 is 2.11 bits per heavy atom. The predicted octanol–water partition coefficient (Wildman–Crippen LogP) is 1.50. The molecule has 2 N–H and O–H groups in total. The quantitative estimate of drug-likeness (QED) is 0.835. The SMILES string of the molecule is COC(=O)C1(N)CCC(Oc2cccc(OC)c2)C1. The molecule has 2 unspecified atom stereocenters. The first-order valence-electron chi connectivity index (χ1n) is 6.25. The van der Waals surface area contributed by atoms with Crippen molar-refractivity contribution < 1.29 is 19.0 Å². The van der Waals surface area contributed by atoms with Crippen LogP contribution in [0.3, 0.4) is 0 Å². The van der Waals surface area contributed by atoms with Gasteiger partial charge in [-0.15, -0.1) is 0 Å². The van der Waals surface area contributed by atoms with Crippen molar-refractivity contribution in [1.82, 2.24) is 0 Å². The van der Waals surface area contributed by atoms with Gasteiger partial charge in [-0.05, 0) is 25.0 Å². The van der Waals surface area contributed by atoms with Gasteiger partial charge in [0, 0.05) is 12.5 Å². The Kier molecular flexibility index (Phi) is 3.95. The maximum atomic E-state index is 11.6. The largest absolute Gasteiger partial charge is 0.497 e. The first-order valence-corrected chi connectivity index (χ1v) is 6.25. The monoisotopic (exact) mass is 265 g/mol. The lowest BCUT2D eigenvalue weighted by molar-refractivity contribution is -0.147. The Balaban J connectivity index is 2.00. The highest BCUT2D eigenvalue weighted by Gasteiger charge is 2.44. The Morgan fingerprint density at radius 3 is 2.79 bits per heavy atom. The number of methoxy groups -OCH3 is 2. The summed E-state index contributed by atoms with van der Waals surface area (Å²) in [6, 6.07) is 7.38. The molecule has 0 aliphatic heterocycles. The zero-order valence-corrected chi connectivity index (χ0v) is 11.2. The molecule has 19 heavy (non-hydrogen) atoms. The van der Waals surface area contributed by atoms with Gasteiger partial charge in [0.05, 0.1) is 14.2 Å². The first-order chi connectivity index (χ1) is 9.07. The molecule has 1 aliphatic carbocycles. The minimum atomic E-state index is -0.918. The molecule has 2 rings (SSSR count). The molecule has 1 saturated carbocycles. The van der Waals surface area contributed by atoms with Crippen LogP contribution in [0.25, 0.3) is 0 Å². The van der Waals surface area contributed by atoms with E-state index < -0.39 is 5.54 Å². The van der Waals surface area contributed by atoms with Gasteiger partial charge in [0.25, 0.3) is 0 Å². The molecule has 1 aromatic carbocycles. The minimum absolute atomic E-state index is 0.0730. The van der Waals surface area contributed by atoms with Crippen molar-refractivity contribution in [2.45, 2.75) is 30.9 Å². The van der Waals surface area contributed by atoms with Crippen LogP contribution in [0.15, 0.2) is 24.3 Å². The van der Waals surface area contributed by atoms with Gasteiger partial charge in [0.2, 0.25) is 0 Å². The van der Waals surface area contributed by atoms with Crippen LogP contribution in [0.1, 0.15) is 19.3 Å². The summed E-state index contributed by atoms with van der Waals surface area (Å²) in [5.41, 5.74) is 5.12. The van der Waals surface area contributed by atoms with E-state index in [1.54, 1.807) is 7.11 Å². The number of hydrogen-bond donors (Lipinski definition) is 1. The number of nitrogens with two attached hydrogens (primary N) is 1. The average molecular weight is 265 g/mol. The normalized spacial score (nSPS) is 25.9. The van der Waals surface area contributed by atoms with Crippen molar-refractivity contribution in [2.75, 3.05) is 14.2 Å². The third-order valence-electron chi connectivity index (χ3n) is 3.44. The van der Waals surface area contributed by atoms with Crippen molar-refractivity contribution in [2.24, 2.45) is 5.73 Å². The molecule has 5 heteroatoms. The lowest BCUT2D eigenvalue weighted by Gasteiger charge is -2.21. The van der Waals surface area contributed by atoms with E-state index in [-0.39, 0.29) is 12.1 Å². The molecule has 2 atom stereocenters. The molecule has 1 aliphatic rings. The third-order valence-corrected chi connectivity index (χ3v) is 3.44. The van der Waals surface area contributed by atoms with E-state index in [9.17, 15) is 4.79 Å². The van der Waals surface area contributed by atoms with Crippen LogP contribution in [-0.2, 0) is 9.53 Å². The van der Waals surface area contributed by atoms with Crippen LogP contribution in [-0.4, -0.2) is 31.8 Å². The first kappa shape index (κ1) is 13.7. The van der Waals surface area contributed by atoms with E-state index in [1.165, 1.54) is 7.11 Å². The zero-order valence-electron chi connectivity index (χ0n) is 11.2. The van der Waals surface area contributed by atoms with Crippen molar-refractivity contribution in [3.05, 3.63) is 24.3 Å². The second-order valence-electron chi connectivity index (χ2n) is 4.81. The van der Waals surface area contributed by atoms with E-state index in [0.29, 0.717) is 12.8 Å². The van der Waals surface area contributed by atoms with Gasteiger partial charge in [-0.2, -0.15) is 0 Å². The smallest absolute Gasteiger partial charge is 0.325 e. The summed E-state index contributed by atoms with van der Waals surface area (Å²) in [7, 11) is 2.96. The molecule has 1 aromatic rings. The number of carbonyl (C=O) groups is 1. The molecule has 0 bridgehead atoms. The van der Waals surface area contributed by atoms with Crippen LogP contribution in [0.4, 0.5) is 0 Å². The number of ether oxygens (including phenoxy) is 3. The molecular weight excluding hydrogens is 246 g/mol. The maximum Gasteiger partial charge on any atom is 0.325 e. The average Bonchev–Trinajstić information content (AvgIpc) is 2.80. The third kappa shape index (κ3) is 2.98. The van der Waals surface area contributed by atoms with Gasteiger partial charge in [-0.3, -0.25) is 4.79 Å². The Bertz CT molecular complexity index is 463. The molecule has 0 amide bonds. The highest BCUT2D eigenvalue weighted by atomic mass is 16.5. The standard InChI is InChI=1S/C14H19NO4/c1-17-10-4-3-5-11(8-10)19-12-6-7-14(15,9-12)13(16)18-2/h3-5,8,12H,6-7,9,15H2,1-2H3. The fourth-order valence-electron chi connectivity index (χ4n) is 2.39. The van der Waals surface area contributed by atoms with Crippen LogP contribution < -0.4 is 15.2 Å². The molecule has 0 radical (unpaired) electrons. The maximum absolute atomic E-state index is 11.6. The summed E-state index contributed by atoms with van der Waals surface area (Å²) in [4.78, 5) is 11.6. The fourth-order valence-corrected chi connectivity index (χ4v) is 2.39. The highest BCUT2D eigenvalue weighted by Crippen LogP contribution is 2.32. The molecule has 0 aromatic heterocycles. The van der Waals surface area contributed by atoms with Crippen LogP contribution >= 0.6 is 0 Å². The number of hydrogen-bond acceptors (Lipinski definition) is 5. The molecule has 5 nitrogen and oxygen atoms in total. The second kappa shape index (κ2) is 5.48. The summed E-state index contributed by atoms with van der Waals surface area (Å²) < 4.78 is 15.7. The number of esters is 1. The van der Waals surface area contributed by atoms with E-state index in [4.69, 9.17) is 19.9 Å². The summed E-state index contributed by atoms with van der Waals surface area (Å²) >= 11 is 0. The molecular formula is C14H19NO4. The zero-order chi connectivity index (χ0) is 13.9. The molecule has 1 fully saturated rings. The van der Waals surface area contributed by atoms with Crippen molar-refractivity contribution in [3.63, 3.8) is 0 Å². The van der Waals surface area contributed by atoms with Gasteiger partial charge in [-0.25, -0.2) is 0 Å². The van der Waals surface area contributed by atoms with Gasteiger partial charge in [0.15, 0.2) is 0 Å². The van der Waals surface area contributed by atoms with Crippen molar-refractivity contribution in [1.29, 1.82) is 0 Å². The molecule has 0 spiro atoms. The van der Waals surface area contributed by atoms with Gasteiger partial charge in [0.1, 0.15) is 23.1 Å². The van der Waals surface area contributed by atoms with Crippen molar-refractivity contribution >= 4 is 5.97 Å². The van der Waals surface area contributed by atoms with Gasteiger partial charge < -0.3 is 19.9 Å². The number of rotatable bonds is 4. The molecule has 0 heterocycles. The highest BCUT2D eigenvalue weighted by molar-refractivity contribution is 5.80. The van der Waals surface area contributed by atoms with Gasteiger partial charge >= 0.3 is 5.97 Å². The summed E-state index contributed by atoms with van der Waals surface area (Å²) in [5.74, 6) is 1.09. The van der Waals surface area contributed by atoms with E-state index >= 15 is 0 Å². The van der Waals surface area contributed by atoms with E-state index in [1.807, 2.05) is 24.3 Å². The Morgan fingerprint density at radius 1 is 1.37 bits per heavy atom.